The van der Waals surface area contributed by atoms with Crippen molar-refractivity contribution in [1.82, 2.24) is 4.72 Å². The molecule has 16 heavy (non-hydrogen) atoms. The molecule has 0 aromatic carbocycles. The minimum atomic E-state index is -3.59. The van der Waals surface area contributed by atoms with E-state index in [1.54, 1.807) is 0 Å². The fourth-order valence-electron chi connectivity index (χ4n) is 1.03. The predicted molar refractivity (Wildman–Crippen MR) is 59.5 cm³/mol. The van der Waals surface area contributed by atoms with E-state index in [0.717, 1.165) is 0 Å². The molecule has 0 unspecified atom stereocenters. The highest BCUT2D eigenvalue weighted by Gasteiger charge is 2.23. The normalized spacial score (nSPS) is 14.0. The van der Waals surface area contributed by atoms with Crippen molar-refractivity contribution in [3.05, 3.63) is 0 Å². The van der Waals surface area contributed by atoms with Crippen molar-refractivity contribution in [3.8, 4) is 0 Å². The summed E-state index contributed by atoms with van der Waals surface area (Å²) in [6, 6.07) is -1.25. The second kappa shape index (κ2) is 6.82. The van der Waals surface area contributed by atoms with Gasteiger partial charge in [0.1, 0.15) is 6.04 Å². The van der Waals surface area contributed by atoms with E-state index in [-0.39, 0.29) is 24.7 Å². The minimum Gasteiger partial charge on any atom is -0.480 e. The molecule has 6 nitrogen and oxygen atoms in total. The van der Waals surface area contributed by atoms with Crippen molar-refractivity contribution < 1.29 is 23.4 Å². The Labute approximate surface area is 95.7 Å². The van der Waals surface area contributed by atoms with Crippen LogP contribution in [0.5, 0.6) is 0 Å². The molecule has 0 saturated carbocycles. The lowest BCUT2D eigenvalue weighted by molar-refractivity contribution is -0.139. The van der Waals surface area contributed by atoms with Crippen molar-refractivity contribution in [2.24, 2.45) is 5.92 Å². The number of carbonyl (C=O) groups is 1. The lowest BCUT2D eigenvalue weighted by atomic mass is 10.2. The number of aliphatic hydroxyl groups is 1. The summed E-state index contributed by atoms with van der Waals surface area (Å²) in [7, 11) is -3.59. The third-order valence-electron chi connectivity index (χ3n) is 2.00. The Bertz CT molecular complexity index is 312. The molecule has 0 aromatic rings. The zero-order valence-corrected chi connectivity index (χ0v) is 10.3. The molecule has 0 aliphatic rings. The molecule has 0 heterocycles. The van der Waals surface area contributed by atoms with Crippen LogP contribution in [-0.2, 0) is 14.8 Å². The van der Waals surface area contributed by atoms with Crippen LogP contribution >= 0.6 is 0 Å². The van der Waals surface area contributed by atoms with Crippen LogP contribution < -0.4 is 4.72 Å². The van der Waals surface area contributed by atoms with E-state index in [0.29, 0.717) is 6.42 Å². The van der Waals surface area contributed by atoms with Crippen LogP contribution in [0.25, 0.3) is 0 Å². The Morgan fingerprint density at radius 1 is 1.31 bits per heavy atom. The summed E-state index contributed by atoms with van der Waals surface area (Å²) in [6.45, 7) is 3.40. The number of sulfonamides is 1. The third kappa shape index (κ3) is 6.76. The number of hydrogen-bond acceptors (Lipinski definition) is 4. The number of hydrogen-bond donors (Lipinski definition) is 3. The first kappa shape index (κ1) is 15.3. The van der Waals surface area contributed by atoms with Gasteiger partial charge in [0.25, 0.3) is 0 Å². The van der Waals surface area contributed by atoms with Crippen LogP contribution in [0.1, 0.15) is 26.7 Å². The monoisotopic (exact) mass is 253 g/mol. The van der Waals surface area contributed by atoms with Gasteiger partial charge in [0.05, 0.1) is 5.75 Å². The fourth-order valence-corrected chi connectivity index (χ4v) is 2.58. The third-order valence-corrected chi connectivity index (χ3v) is 3.42. The first-order valence-corrected chi connectivity index (χ1v) is 6.77. The molecule has 7 heteroatoms. The first-order valence-electron chi connectivity index (χ1n) is 5.12. The molecule has 0 saturated heterocycles. The SMILES string of the molecule is CC(C)CCS(=O)(=O)N[C@H](CCO)C(=O)O. The van der Waals surface area contributed by atoms with Gasteiger partial charge in [-0.05, 0) is 18.8 Å². The molecule has 0 aliphatic heterocycles. The van der Waals surface area contributed by atoms with E-state index >= 15 is 0 Å². The Morgan fingerprint density at radius 2 is 1.88 bits per heavy atom. The molecular formula is C9H19NO5S. The van der Waals surface area contributed by atoms with Gasteiger partial charge in [0, 0.05) is 6.61 Å². The topological polar surface area (TPSA) is 104 Å². The Kier molecular flexibility index (Phi) is 6.54. The van der Waals surface area contributed by atoms with Crippen molar-refractivity contribution in [2.45, 2.75) is 32.7 Å². The van der Waals surface area contributed by atoms with Crippen molar-refractivity contribution >= 4 is 16.0 Å². The minimum absolute atomic E-state index is 0.0973. The number of rotatable bonds is 8. The van der Waals surface area contributed by atoms with Gasteiger partial charge in [-0.25, -0.2) is 13.1 Å². The second-order valence-electron chi connectivity index (χ2n) is 4.02. The van der Waals surface area contributed by atoms with E-state index < -0.39 is 22.0 Å². The van der Waals surface area contributed by atoms with Crippen LogP contribution in [0.2, 0.25) is 0 Å². The average Bonchev–Trinajstić information content (AvgIpc) is 2.14. The summed E-state index contributed by atoms with van der Waals surface area (Å²) in [4.78, 5) is 10.7. The number of nitrogens with one attached hydrogen (secondary N) is 1. The van der Waals surface area contributed by atoms with Gasteiger partial charge >= 0.3 is 5.97 Å². The molecule has 0 radical (unpaired) electrons. The number of aliphatic carboxylic acids is 1. The first-order chi connectivity index (χ1) is 7.28. The van der Waals surface area contributed by atoms with E-state index in [9.17, 15) is 13.2 Å². The van der Waals surface area contributed by atoms with E-state index in [4.69, 9.17) is 10.2 Å². The fraction of sp³-hybridized carbons (Fsp3) is 0.889. The average molecular weight is 253 g/mol. The zero-order valence-electron chi connectivity index (χ0n) is 9.51. The quantitative estimate of drug-likeness (QED) is 0.555. The van der Waals surface area contributed by atoms with E-state index in [2.05, 4.69) is 4.72 Å². The Hall–Kier alpha value is -0.660. The molecule has 0 aromatic heterocycles. The molecule has 1 atom stereocenters. The summed E-state index contributed by atoms with van der Waals surface area (Å²) in [5, 5.41) is 17.3. The van der Waals surface area contributed by atoms with Gasteiger partial charge in [-0.1, -0.05) is 13.8 Å². The number of carboxylic acids is 1. The maximum Gasteiger partial charge on any atom is 0.321 e. The van der Waals surface area contributed by atoms with Crippen LogP contribution in [0.15, 0.2) is 0 Å². The maximum atomic E-state index is 11.5. The summed E-state index contributed by atoms with van der Waals surface area (Å²) in [6.07, 6.45) is 0.344. The standard InChI is InChI=1S/C9H19NO5S/c1-7(2)4-6-16(14,15)10-8(3-5-11)9(12)13/h7-8,10-11H,3-6H2,1-2H3,(H,12,13)/t8-/m1/s1. The highest BCUT2D eigenvalue weighted by molar-refractivity contribution is 7.89. The van der Waals surface area contributed by atoms with Gasteiger partial charge in [-0.2, -0.15) is 0 Å². The Balaban J connectivity index is 4.36. The highest BCUT2D eigenvalue weighted by atomic mass is 32.2. The van der Waals surface area contributed by atoms with Gasteiger partial charge in [0.15, 0.2) is 0 Å². The lowest BCUT2D eigenvalue weighted by Gasteiger charge is -2.14. The smallest absolute Gasteiger partial charge is 0.321 e. The van der Waals surface area contributed by atoms with E-state index in [1.165, 1.54) is 0 Å². The summed E-state index contributed by atoms with van der Waals surface area (Å²) < 4.78 is 25.0. The molecule has 0 aliphatic carbocycles. The van der Waals surface area contributed by atoms with Crippen LogP contribution in [0, 0.1) is 5.92 Å². The van der Waals surface area contributed by atoms with Crippen LogP contribution in [0.4, 0.5) is 0 Å². The van der Waals surface area contributed by atoms with Gasteiger partial charge in [-0.15, -0.1) is 0 Å². The summed E-state index contributed by atoms with van der Waals surface area (Å²) in [5.41, 5.74) is 0. The van der Waals surface area contributed by atoms with Crippen molar-refractivity contribution in [1.29, 1.82) is 0 Å². The molecular weight excluding hydrogens is 234 g/mol. The molecule has 0 rings (SSSR count). The molecule has 0 spiro atoms. The largest absolute Gasteiger partial charge is 0.480 e. The number of carboxylic acid groups (broad SMARTS) is 1. The highest BCUT2D eigenvalue weighted by Crippen LogP contribution is 2.03. The molecule has 0 amide bonds. The maximum absolute atomic E-state index is 11.5. The van der Waals surface area contributed by atoms with Gasteiger partial charge < -0.3 is 10.2 Å². The zero-order chi connectivity index (χ0) is 12.8. The molecule has 0 fully saturated rings. The van der Waals surface area contributed by atoms with Crippen LogP contribution in [-0.4, -0.2) is 43.0 Å². The van der Waals surface area contributed by atoms with Gasteiger partial charge in [0.2, 0.25) is 10.0 Å². The molecule has 96 valence electrons. The lowest BCUT2D eigenvalue weighted by Crippen LogP contribution is -2.42. The number of aliphatic hydroxyl groups excluding tert-OH is 1. The van der Waals surface area contributed by atoms with Gasteiger partial charge in [-0.3, -0.25) is 4.79 Å². The second-order valence-corrected chi connectivity index (χ2v) is 5.90. The molecule has 0 bridgehead atoms. The van der Waals surface area contributed by atoms with Crippen molar-refractivity contribution in [3.63, 3.8) is 0 Å². The van der Waals surface area contributed by atoms with E-state index in [1.807, 2.05) is 13.8 Å². The summed E-state index contributed by atoms with van der Waals surface area (Å²) in [5.74, 6) is -1.14. The predicted octanol–water partition coefficient (Wildman–Crippen LogP) is -0.212. The molecule has 3 N–H and O–H groups in total. The Morgan fingerprint density at radius 3 is 2.25 bits per heavy atom. The summed E-state index contributed by atoms with van der Waals surface area (Å²) >= 11 is 0. The van der Waals surface area contributed by atoms with Crippen LogP contribution in [0.3, 0.4) is 0 Å². The van der Waals surface area contributed by atoms with Crippen molar-refractivity contribution in [2.75, 3.05) is 12.4 Å².